The van der Waals surface area contributed by atoms with E-state index in [1.807, 2.05) is 30.3 Å². The number of ether oxygens (including phenoxy) is 2. The van der Waals surface area contributed by atoms with Gasteiger partial charge in [-0.2, -0.15) is 0 Å². The molecule has 3 aromatic rings. The molecule has 7 heteroatoms. The summed E-state index contributed by atoms with van der Waals surface area (Å²) in [4.78, 5) is 25.2. The molecule has 3 rings (SSSR count). The zero-order valence-corrected chi connectivity index (χ0v) is 12.8. The van der Waals surface area contributed by atoms with Gasteiger partial charge in [0.1, 0.15) is 6.61 Å². The molecule has 0 aliphatic heterocycles. The molecule has 0 spiro atoms. The molecule has 0 amide bonds. The second kappa shape index (κ2) is 6.41. The number of fused-ring (bicyclic) bond motifs is 1. The van der Waals surface area contributed by atoms with Crippen molar-refractivity contribution in [2.24, 2.45) is 0 Å². The first-order chi connectivity index (χ1) is 11.6. The van der Waals surface area contributed by atoms with Crippen molar-refractivity contribution in [1.82, 2.24) is 4.98 Å². The summed E-state index contributed by atoms with van der Waals surface area (Å²) in [6, 6.07) is 12.5. The standard InChI is InChI=1S/C17H14N2O5/c1-23-15-8-13-12(17(20)14(9-18-13)19(21)22)7-16(15)24-10-11-5-3-2-4-6-11/h2-9H,10H2,1H3,(H,18,20). The van der Waals surface area contributed by atoms with E-state index in [4.69, 9.17) is 9.47 Å². The maximum absolute atomic E-state index is 12.2. The zero-order chi connectivity index (χ0) is 17.1. The topological polar surface area (TPSA) is 94.5 Å². The van der Waals surface area contributed by atoms with E-state index in [-0.39, 0.29) is 12.0 Å². The number of aromatic amines is 1. The third-order valence-electron chi connectivity index (χ3n) is 3.58. The summed E-state index contributed by atoms with van der Waals surface area (Å²) in [5.41, 5.74) is 0.213. The van der Waals surface area contributed by atoms with Crippen LogP contribution in [0, 0.1) is 10.1 Å². The van der Waals surface area contributed by atoms with E-state index in [0.717, 1.165) is 11.8 Å². The van der Waals surface area contributed by atoms with E-state index in [0.29, 0.717) is 17.0 Å². The van der Waals surface area contributed by atoms with E-state index in [2.05, 4.69) is 4.98 Å². The number of nitro groups is 1. The number of nitrogens with one attached hydrogen (secondary N) is 1. The molecule has 1 N–H and O–H groups in total. The Morgan fingerprint density at radius 1 is 1.17 bits per heavy atom. The Morgan fingerprint density at radius 3 is 2.58 bits per heavy atom. The van der Waals surface area contributed by atoms with E-state index >= 15 is 0 Å². The quantitative estimate of drug-likeness (QED) is 0.574. The first-order valence-electron chi connectivity index (χ1n) is 7.14. The number of rotatable bonds is 5. The molecule has 0 fully saturated rings. The lowest BCUT2D eigenvalue weighted by Gasteiger charge is -2.12. The number of aromatic nitrogens is 1. The third-order valence-corrected chi connectivity index (χ3v) is 3.58. The molecule has 24 heavy (non-hydrogen) atoms. The van der Waals surface area contributed by atoms with E-state index in [9.17, 15) is 14.9 Å². The summed E-state index contributed by atoms with van der Waals surface area (Å²) in [6.45, 7) is 0.287. The van der Waals surface area contributed by atoms with Crippen LogP contribution in [0.2, 0.25) is 0 Å². The molecule has 122 valence electrons. The van der Waals surface area contributed by atoms with Crippen LogP contribution in [0.25, 0.3) is 10.9 Å². The van der Waals surface area contributed by atoms with Crippen molar-refractivity contribution in [2.45, 2.75) is 6.61 Å². The molecule has 0 aliphatic carbocycles. The van der Waals surface area contributed by atoms with Crippen LogP contribution in [0.4, 0.5) is 5.69 Å². The molecule has 0 saturated carbocycles. The van der Waals surface area contributed by atoms with Crippen LogP contribution in [-0.4, -0.2) is 17.0 Å². The minimum absolute atomic E-state index is 0.174. The third kappa shape index (κ3) is 2.91. The number of benzene rings is 2. The summed E-state index contributed by atoms with van der Waals surface area (Å²) < 4.78 is 11.0. The van der Waals surface area contributed by atoms with Gasteiger partial charge in [0.05, 0.1) is 29.1 Å². The molecule has 0 bridgehead atoms. The van der Waals surface area contributed by atoms with E-state index in [1.54, 1.807) is 6.07 Å². The molecular formula is C17H14N2O5. The molecule has 0 unspecified atom stereocenters. The lowest BCUT2D eigenvalue weighted by molar-refractivity contribution is -0.386. The minimum Gasteiger partial charge on any atom is -0.493 e. The highest BCUT2D eigenvalue weighted by atomic mass is 16.6. The normalized spacial score (nSPS) is 10.5. The van der Waals surface area contributed by atoms with Crippen LogP contribution in [0.15, 0.2) is 53.5 Å². The van der Waals surface area contributed by atoms with E-state index in [1.165, 1.54) is 13.2 Å². The fourth-order valence-electron chi connectivity index (χ4n) is 2.36. The van der Waals surface area contributed by atoms with Crippen LogP contribution in [0.1, 0.15) is 5.56 Å². The average Bonchev–Trinajstić information content (AvgIpc) is 2.60. The van der Waals surface area contributed by atoms with Gasteiger partial charge < -0.3 is 14.5 Å². The Balaban J connectivity index is 2.04. The van der Waals surface area contributed by atoms with Gasteiger partial charge in [-0.15, -0.1) is 0 Å². The average molecular weight is 326 g/mol. The summed E-state index contributed by atoms with van der Waals surface area (Å²) in [5.74, 6) is 0.780. The minimum atomic E-state index is -0.715. The van der Waals surface area contributed by atoms with Gasteiger partial charge in [-0.1, -0.05) is 30.3 Å². The van der Waals surface area contributed by atoms with Gasteiger partial charge in [-0.05, 0) is 11.6 Å². The van der Waals surface area contributed by atoms with Crippen molar-refractivity contribution >= 4 is 16.6 Å². The number of methoxy groups -OCH3 is 1. The summed E-state index contributed by atoms with van der Waals surface area (Å²) in [6.07, 6.45) is 1.08. The fraction of sp³-hybridized carbons (Fsp3) is 0.118. The molecule has 7 nitrogen and oxygen atoms in total. The number of H-pyrrole nitrogens is 1. The lowest BCUT2D eigenvalue weighted by Crippen LogP contribution is -2.09. The number of nitrogens with zero attached hydrogens (tertiary/aromatic N) is 1. The van der Waals surface area contributed by atoms with Crippen LogP contribution in [0.3, 0.4) is 0 Å². The first kappa shape index (κ1) is 15.5. The highest BCUT2D eigenvalue weighted by Gasteiger charge is 2.17. The Bertz CT molecular complexity index is 950. The van der Waals surface area contributed by atoms with Crippen molar-refractivity contribution in [3.05, 3.63) is 74.6 Å². The Hall–Kier alpha value is -3.35. The Morgan fingerprint density at radius 2 is 1.92 bits per heavy atom. The van der Waals surface area contributed by atoms with Gasteiger partial charge in [0.2, 0.25) is 0 Å². The van der Waals surface area contributed by atoms with Crippen LogP contribution < -0.4 is 14.9 Å². The van der Waals surface area contributed by atoms with Crippen molar-refractivity contribution < 1.29 is 14.4 Å². The maximum Gasteiger partial charge on any atom is 0.332 e. The second-order valence-electron chi connectivity index (χ2n) is 5.08. The summed E-state index contributed by atoms with van der Waals surface area (Å²) >= 11 is 0. The monoisotopic (exact) mass is 326 g/mol. The smallest absolute Gasteiger partial charge is 0.332 e. The first-order valence-corrected chi connectivity index (χ1v) is 7.14. The van der Waals surface area contributed by atoms with Crippen LogP contribution in [0.5, 0.6) is 11.5 Å². The summed E-state index contributed by atoms with van der Waals surface area (Å²) in [7, 11) is 1.49. The molecule has 1 aromatic heterocycles. The molecule has 0 atom stereocenters. The van der Waals surface area contributed by atoms with Crippen molar-refractivity contribution in [3.63, 3.8) is 0 Å². The largest absolute Gasteiger partial charge is 0.493 e. The van der Waals surface area contributed by atoms with Gasteiger partial charge in [-0.3, -0.25) is 14.9 Å². The number of pyridine rings is 1. The highest BCUT2D eigenvalue weighted by molar-refractivity contribution is 5.84. The van der Waals surface area contributed by atoms with Gasteiger partial charge in [0.15, 0.2) is 11.5 Å². The molecule has 0 radical (unpaired) electrons. The van der Waals surface area contributed by atoms with Gasteiger partial charge in [-0.25, -0.2) is 0 Å². The van der Waals surface area contributed by atoms with E-state index < -0.39 is 16.0 Å². The van der Waals surface area contributed by atoms with Crippen molar-refractivity contribution in [3.8, 4) is 11.5 Å². The molecule has 0 saturated heterocycles. The molecule has 0 aliphatic rings. The Labute approximate surface area is 136 Å². The zero-order valence-electron chi connectivity index (χ0n) is 12.8. The van der Waals surface area contributed by atoms with Crippen molar-refractivity contribution in [2.75, 3.05) is 7.11 Å². The SMILES string of the molecule is COc1cc2[nH]cc([N+](=O)[O-])c(=O)c2cc1OCc1ccccc1. The number of hydrogen-bond acceptors (Lipinski definition) is 5. The molecule has 1 heterocycles. The van der Waals surface area contributed by atoms with Crippen LogP contribution in [-0.2, 0) is 6.61 Å². The molecule has 2 aromatic carbocycles. The maximum atomic E-state index is 12.2. The number of hydrogen-bond donors (Lipinski definition) is 1. The fourth-order valence-corrected chi connectivity index (χ4v) is 2.36. The highest BCUT2D eigenvalue weighted by Crippen LogP contribution is 2.31. The van der Waals surface area contributed by atoms with Gasteiger partial charge in [0, 0.05) is 6.07 Å². The molecular weight excluding hydrogens is 312 g/mol. The lowest BCUT2D eigenvalue weighted by atomic mass is 10.1. The van der Waals surface area contributed by atoms with Crippen molar-refractivity contribution in [1.29, 1.82) is 0 Å². The van der Waals surface area contributed by atoms with Gasteiger partial charge >= 0.3 is 5.69 Å². The predicted molar refractivity (Wildman–Crippen MR) is 88.5 cm³/mol. The summed E-state index contributed by atoms with van der Waals surface area (Å²) in [5, 5.41) is 11.1. The van der Waals surface area contributed by atoms with Gasteiger partial charge in [0.25, 0.3) is 5.43 Å². The Kier molecular flexibility index (Phi) is 4.15. The predicted octanol–water partition coefficient (Wildman–Crippen LogP) is 3.02. The van der Waals surface area contributed by atoms with Crippen LogP contribution >= 0.6 is 0 Å². The second-order valence-corrected chi connectivity index (χ2v) is 5.08.